The van der Waals surface area contributed by atoms with Crippen LogP contribution in [0.3, 0.4) is 0 Å². The Bertz CT molecular complexity index is 1010. The SMILES string of the molecule is O=C(Nc1ccc(F)cc1)C1(c2ccc(-c3nc(C4CC4)no3)cc2)COC1. The first-order valence-electron chi connectivity index (χ1n) is 9.23. The fourth-order valence-corrected chi connectivity index (χ4v) is 3.31. The van der Waals surface area contributed by atoms with Crippen LogP contribution in [0.5, 0.6) is 0 Å². The number of benzene rings is 2. The molecular weight excluding hydrogens is 361 g/mol. The summed E-state index contributed by atoms with van der Waals surface area (Å²) in [6.07, 6.45) is 2.23. The van der Waals surface area contributed by atoms with Gasteiger partial charge in [-0.05, 0) is 54.8 Å². The number of nitrogens with zero attached hydrogens (tertiary/aromatic N) is 2. The Kier molecular flexibility index (Phi) is 3.98. The number of nitrogens with one attached hydrogen (secondary N) is 1. The highest BCUT2D eigenvalue weighted by Gasteiger charge is 2.47. The molecule has 7 heteroatoms. The zero-order chi connectivity index (χ0) is 19.1. The molecule has 2 heterocycles. The van der Waals surface area contributed by atoms with E-state index in [9.17, 15) is 9.18 Å². The van der Waals surface area contributed by atoms with E-state index in [2.05, 4.69) is 15.5 Å². The van der Waals surface area contributed by atoms with Gasteiger partial charge in [0.15, 0.2) is 5.82 Å². The van der Waals surface area contributed by atoms with Gasteiger partial charge in [-0.3, -0.25) is 4.79 Å². The Morgan fingerprint density at radius 2 is 1.79 bits per heavy atom. The summed E-state index contributed by atoms with van der Waals surface area (Å²) < 4.78 is 23.8. The van der Waals surface area contributed by atoms with Crippen molar-refractivity contribution in [3.8, 4) is 11.5 Å². The van der Waals surface area contributed by atoms with Gasteiger partial charge in [-0.1, -0.05) is 17.3 Å². The second-order valence-electron chi connectivity index (χ2n) is 7.35. The van der Waals surface area contributed by atoms with Gasteiger partial charge in [0.05, 0.1) is 13.2 Å². The third kappa shape index (κ3) is 2.97. The van der Waals surface area contributed by atoms with Gasteiger partial charge in [0.1, 0.15) is 11.2 Å². The highest BCUT2D eigenvalue weighted by Crippen LogP contribution is 2.39. The van der Waals surface area contributed by atoms with Crippen LogP contribution in [-0.2, 0) is 14.9 Å². The standard InChI is InChI=1S/C21H18FN3O3/c22-16-7-9-17(10-8-16)23-20(26)21(11-27-12-21)15-5-3-14(4-6-15)19-24-18(25-28-19)13-1-2-13/h3-10,13H,1-2,11-12H2,(H,23,26). The lowest BCUT2D eigenvalue weighted by Gasteiger charge is -2.40. The lowest BCUT2D eigenvalue weighted by Crippen LogP contribution is -2.55. The summed E-state index contributed by atoms with van der Waals surface area (Å²) >= 11 is 0. The second kappa shape index (κ2) is 6.53. The molecule has 1 N–H and O–H groups in total. The number of carbonyl (C=O) groups is 1. The van der Waals surface area contributed by atoms with Crippen molar-refractivity contribution in [2.24, 2.45) is 0 Å². The maximum Gasteiger partial charge on any atom is 0.257 e. The second-order valence-corrected chi connectivity index (χ2v) is 7.35. The van der Waals surface area contributed by atoms with Crippen molar-refractivity contribution in [1.82, 2.24) is 10.1 Å². The average molecular weight is 379 g/mol. The summed E-state index contributed by atoms with van der Waals surface area (Å²) in [7, 11) is 0. The van der Waals surface area contributed by atoms with Gasteiger partial charge >= 0.3 is 0 Å². The molecule has 1 saturated carbocycles. The smallest absolute Gasteiger partial charge is 0.257 e. The maximum absolute atomic E-state index is 13.1. The van der Waals surface area contributed by atoms with Crippen LogP contribution in [0, 0.1) is 5.82 Å². The Hall–Kier alpha value is -3.06. The monoisotopic (exact) mass is 379 g/mol. The van der Waals surface area contributed by atoms with Crippen LogP contribution in [0.15, 0.2) is 53.1 Å². The third-order valence-electron chi connectivity index (χ3n) is 5.30. The molecule has 3 aromatic rings. The van der Waals surface area contributed by atoms with Crippen LogP contribution in [0.2, 0.25) is 0 Å². The predicted octanol–water partition coefficient (Wildman–Crippen LogP) is 3.66. The van der Waals surface area contributed by atoms with E-state index in [-0.39, 0.29) is 11.7 Å². The van der Waals surface area contributed by atoms with Crippen molar-refractivity contribution in [3.63, 3.8) is 0 Å². The number of carbonyl (C=O) groups excluding carboxylic acids is 1. The number of hydrogen-bond acceptors (Lipinski definition) is 5. The molecule has 1 aliphatic carbocycles. The van der Waals surface area contributed by atoms with Gasteiger partial charge in [0, 0.05) is 17.2 Å². The molecule has 28 heavy (non-hydrogen) atoms. The molecule has 5 rings (SSSR count). The number of hydrogen-bond donors (Lipinski definition) is 1. The zero-order valence-electron chi connectivity index (χ0n) is 15.0. The van der Waals surface area contributed by atoms with Gasteiger partial charge in [0.2, 0.25) is 5.91 Å². The molecule has 0 spiro atoms. The van der Waals surface area contributed by atoms with Crippen molar-refractivity contribution < 1.29 is 18.4 Å². The summed E-state index contributed by atoms with van der Waals surface area (Å²) in [5, 5.41) is 6.89. The molecule has 2 fully saturated rings. The van der Waals surface area contributed by atoms with E-state index in [0.29, 0.717) is 30.7 Å². The number of ether oxygens (including phenoxy) is 1. The average Bonchev–Trinajstić information content (AvgIpc) is 3.40. The van der Waals surface area contributed by atoms with E-state index in [1.54, 1.807) is 0 Å². The number of anilines is 1. The Morgan fingerprint density at radius 1 is 1.07 bits per heavy atom. The highest BCUT2D eigenvalue weighted by molar-refractivity contribution is 6.00. The summed E-state index contributed by atoms with van der Waals surface area (Å²) in [6.45, 7) is 0.595. The molecule has 1 amide bonds. The minimum absolute atomic E-state index is 0.174. The third-order valence-corrected chi connectivity index (χ3v) is 5.30. The Balaban J connectivity index is 1.36. The molecule has 6 nitrogen and oxygen atoms in total. The predicted molar refractivity (Wildman–Crippen MR) is 99.2 cm³/mol. The van der Waals surface area contributed by atoms with Gasteiger partial charge in [-0.2, -0.15) is 4.98 Å². The first-order valence-corrected chi connectivity index (χ1v) is 9.23. The van der Waals surface area contributed by atoms with Crippen molar-refractivity contribution in [1.29, 1.82) is 0 Å². The van der Waals surface area contributed by atoms with E-state index in [4.69, 9.17) is 9.26 Å². The lowest BCUT2D eigenvalue weighted by molar-refractivity contribution is -0.139. The maximum atomic E-state index is 13.1. The summed E-state index contributed by atoms with van der Waals surface area (Å²) in [5.41, 5.74) is 1.45. The van der Waals surface area contributed by atoms with Gasteiger partial charge in [-0.15, -0.1) is 0 Å². The molecule has 0 atom stereocenters. The van der Waals surface area contributed by atoms with E-state index in [1.165, 1.54) is 24.3 Å². The Labute approximate surface area is 160 Å². The van der Waals surface area contributed by atoms with E-state index in [0.717, 1.165) is 29.8 Å². The molecule has 1 saturated heterocycles. The lowest BCUT2D eigenvalue weighted by atomic mass is 9.77. The van der Waals surface area contributed by atoms with Crippen LogP contribution in [0.1, 0.15) is 30.1 Å². The van der Waals surface area contributed by atoms with Crippen molar-refractivity contribution >= 4 is 11.6 Å². The largest absolute Gasteiger partial charge is 0.378 e. The topological polar surface area (TPSA) is 77.3 Å². The molecule has 1 aromatic heterocycles. The van der Waals surface area contributed by atoms with E-state index in [1.807, 2.05) is 24.3 Å². The normalized spacial score (nSPS) is 17.8. The summed E-state index contributed by atoms with van der Waals surface area (Å²) in [4.78, 5) is 17.4. The molecule has 2 aliphatic rings. The zero-order valence-corrected chi connectivity index (χ0v) is 15.0. The number of halogens is 1. The van der Waals surface area contributed by atoms with Gasteiger partial charge in [-0.25, -0.2) is 4.39 Å². The quantitative estimate of drug-likeness (QED) is 0.732. The van der Waals surface area contributed by atoms with Crippen molar-refractivity contribution in [3.05, 3.63) is 65.7 Å². The van der Waals surface area contributed by atoms with E-state index >= 15 is 0 Å². The van der Waals surface area contributed by atoms with Crippen LogP contribution < -0.4 is 5.32 Å². The number of aromatic nitrogens is 2. The molecule has 1 aliphatic heterocycles. The Morgan fingerprint density at radius 3 is 2.39 bits per heavy atom. The minimum atomic E-state index is -0.763. The molecule has 142 valence electrons. The number of rotatable bonds is 5. The van der Waals surface area contributed by atoms with E-state index < -0.39 is 5.41 Å². The summed E-state index contributed by atoms with van der Waals surface area (Å²) in [6, 6.07) is 13.2. The molecule has 2 aromatic carbocycles. The summed E-state index contributed by atoms with van der Waals surface area (Å²) in [5.74, 6) is 1.17. The van der Waals surface area contributed by atoms with Crippen LogP contribution >= 0.6 is 0 Å². The molecular formula is C21H18FN3O3. The van der Waals surface area contributed by atoms with Gasteiger partial charge in [0.25, 0.3) is 5.89 Å². The van der Waals surface area contributed by atoms with Crippen LogP contribution in [0.25, 0.3) is 11.5 Å². The molecule has 0 unspecified atom stereocenters. The van der Waals surface area contributed by atoms with Crippen LogP contribution in [0.4, 0.5) is 10.1 Å². The van der Waals surface area contributed by atoms with Gasteiger partial charge < -0.3 is 14.6 Å². The first-order chi connectivity index (χ1) is 13.6. The van der Waals surface area contributed by atoms with Crippen molar-refractivity contribution in [2.75, 3.05) is 18.5 Å². The highest BCUT2D eigenvalue weighted by atomic mass is 19.1. The first kappa shape index (κ1) is 17.1. The minimum Gasteiger partial charge on any atom is -0.378 e. The molecule has 0 bridgehead atoms. The van der Waals surface area contributed by atoms with Crippen molar-refractivity contribution in [2.45, 2.75) is 24.2 Å². The van der Waals surface area contributed by atoms with Crippen LogP contribution in [-0.4, -0.2) is 29.3 Å². The fraction of sp³-hybridized carbons (Fsp3) is 0.286. The molecule has 0 radical (unpaired) electrons. The number of amides is 1. The fourth-order valence-electron chi connectivity index (χ4n) is 3.31.